The zero-order valence-corrected chi connectivity index (χ0v) is 9.68. The fourth-order valence-electron chi connectivity index (χ4n) is 1.75. The summed E-state index contributed by atoms with van der Waals surface area (Å²) in [5.41, 5.74) is 0.668. The molecule has 2 aromatic carbocycles. The fourth-order valence-corrected chi connectivity index (χ4v) is 1.75. The summed E-state index contributed by atoms with van der Waals surface area (Å²) in [7, 11) is 1.71. The Morgan fingerprint density at radius 2 is 1.94 bits per heavy atom. The number of terminal acetylenes is 1. The van der Waals surface area contributed by atoms with Crippen LogP contribution in [0.5, 0.6) is 0 Å². The Balaban J connectivity index is 2.37. The Morgan fingerprint density at radius 3 is 2.65 bits per heavy atom. The third-order valence-electron chi connectivity index (χ3n) is 2.67. The highest BCUT2D eigenvalue weighted by Crippen LogP contribution is 2.16. The second kappa shape index (κ2) is 4.71. The lowest BCUT2D eigenvalue weighted by Crippen LogP contribution is -2.26. The second-order valence-electron chi connectivity index (χ2n) is 3.93. The van der Waals surface area contributed by atoms with E-state index in [9.17, 15) is 4.79 Å². The lowest BCUT2D eigenvalue weighted by atomic mass is 10.1. The van der Waals surface area contributed by atoms with E-state index >= 15 is 0 Å². The van der Waals surface area contributed by atoms with E-state index in [1.807, 2.05) is 42.5 Å². The predicted octanol–water partition coefficient (Wildman–Crippen LogP) is 2.55. The van der Waals surface area contributed by atoms with Gasteiger partial charge in [0.05, 0.1) is 6.54 Å². The van der Waals surface area contributed by atoms with Gasteiger partial charge in [0.25, 0.3) is 5.91 Å². The number of rotatable bonds is 2. The van der Waals surface area contributed by atoms with Gasteiger partial charge >= 0.3 is 0 Å². The largest absolute Gasteiger partial charge is 0.331 e. The summed E-state index contributed by atoms with van der Waals surface area (Å²) >= 11 is 0. The molecule has 0 heterocycles. The summed E-state index contributed by atoms with van der Waals surface area (Å²) in [4.78, 5) is 13.5. The predicted molar refractivity (Wildman–Crippen MR) is 69.7 cm³/mol. The van der Waals surface area contributed by atoms with Gasteiger partial charge in [-0.3, -0.25) is 4.79 Å². The highest BCUT2D eigenvalue weighted by atomic mass is 16.2. The Labute approximate surface area is 101 Å². The molecule has 0 aromatic heterocycles. The van der Waals surface area contributed by atoms with Gasteiger partial charge in [0, 0.05) is 12.6 Å². The van der Waals surface area contributed by atoms with Crippen molar-refractivity contribution < 1.29 is 4.79 Å². The van der Waals surface area contributed by atoms with Crippen molar-refractivity contribution in [1.29, 1.82) is 0 Å². The fraction of sp³-hybridized carbons (Fsp3) is 0.133. The van der Waals surface area contributed by atoms with Crippen molar-refractivity contribution in [3.63, 3.8) is 0 Å². The maximum Gasteiger partial charge on any atom is 0.254 e. The molecular weight excluding hydrogens is 210 g/mol. The Morgan fingerprint density at radius 1 is 1.24 bits per heavy atom. The standard InChI is InChI=1S/C15H13NO/c1-3-10-16(2)15(17)14-9-8-12-6-4-5-7-13(12)11-14/h1,4-9,11H,10H2,2H3. The minimum Gasteiger partial charge on any atom is -0.331 e. The number of hydrogen-bond acceptors (Lipinski definition) is 1. The van der Waals surface area contributed by atoms with Crippen molar-refractivity contribution in [1.82, 2.24) is 4.90 Å². The molecule has 0 fully saturated rings. The van der Waals surface area contributed by atoms with Gasteiger partial charge in [-0.2, -0.15) is 0 Å². The number of benzene rings is 2. The summed E-state index contributed by atoms with van der Waals surface area (Å²) in [6.45, 7) is 0.325. The van der Waals surface area contributed by atoms with Gasteiger partial charge < -0.3 is 4.90 Å². The Bertz CT molecular complexity index is 595. The van der Waals surface area contributed by atoms with Crippen LogP contribution in [0, 0.1) is 12.3 Å². The smallest absolute Gasteiger partial charge is 0.254 e. The normalized spacial score (nSPS) is 9.88. The first-order chi connectivity index (χ1) is 8.22. The van der Waals surface area contributed by atoms with Crippen LogP contribution in [0.2, 0.25) is 0 Å². The molecule has 0 aliphatic rings. The van der Waals surface area contributed by atoms with Crippen molar-refractivity contribution in [3.8, 4) is 12.3 Å². The van der Waals surface area contributed by atoms with E-state index in [2.05, 4.69) is 5.92 Å². The zero-order valence-electron chi connectivity index (χ0n) is 9.68. The first-order valence-corrected chi connectivity index (χ1v) is 5.40. The maximum absolute atomic E-state index is 12.0. The highest BCUT2D eigenvalue weighted by Gasteiger charge is 2.10. The molecule has 0 aliphatic carbocycles. The molecule has 0 atom stereocenters. The van der Waals surface area contributed by atoms with Crippen LogP contribution in [0.25, 0.3) is 10.8 Å². The molecule has 0 saturated heterocycles. The quantitative estimate of drug-likeness (QED) is 0.716. The van der Waals surface area contributed by atoms with Crippen LogP contribution in [-0.2, 0) is 0 Å². The molecule has 84 valence electrons. The number of amides is 1. The van der Waals surface area contributed by atoms with Crippen molar-refractivity contribution in [3.05, 3.63) is 48.0 Å². The van der Waals surface area contributed by atoms with Crippen molar-refractivity contribution in [2.24, 2.45) is 0 Å². The first-order valence-electron chi connectivity index (χ1n) is 5.40. The van der Waals surface area contributed by atoms with E-state index in [0.29, 0.717) is 12.1 Å². The molecule has 2 aromatic rings. The van der Waals surface area contributed by atoms with E-state index in [1.54, 1.807) is 7.05 Å². The van der Waals surface area contributed by atoms with Crippen LogP contribution in [0.3, 0.4) is 0 Å². The van der Waals surface area contributed by atoms with Gasteiger partial charge in [-0.1, -0.05) is 36.3 Å². The van der Waals surface area contributed by atoms with Crippen LogP contribution >= 0.6 is 0 Å². The number of fused-ring (bicyclic) bond motifs is 1. The lowest BCUT2D eigenvalue weighted by Gasteiger charge is -2.14. The van der Waals surface area contributed by atoms with Crippen LogP contribution in [0.1, 0.15) is 10.4 Å². The minimum atomic E-state index is -0.0475. The minimum absolute atomic E-state index is 0.0475. The molecule has 0 aliphatic heterocycles. The van der Waals surface area contributed by atoms with E-state index in [0.717, 1.165) is 10.8 Å². The highest BCUT2D eigenvalue weighted by molar-refractivity contribution is 5.98. The van der Waals surface area contributed by atoms with E-state index in [-0.39, 0.29) is 5.91 Å². The zero-order chi connectivity index (χ0) is 12.3. The van der Waals surface area contributed by atoms with Gasteiger partial charge in [-0.15, -0.1) is 6.42 Å². The van der Waals surface area contributed by atoms with Crippen LogP contribution < -0.4 is 0 Å². The molecule has 0 radical (unpaired) electrons. The van der Waals surface area contributed by atoms with Crippen LogP contribution in [0.15, 0.2) is 42.5 Å². The van der Waals surface area contributed by atoms with Crippen molar-refractivity contribution in [2.75, 3.05) is 13.6 Å². The molecule has 0 spiro atoms. The number of nitrogens with zero attached hydrogens (tertiary/aromatic N) is 1. The summed E-state index contributed by atoms with van der Waals surface area (Å²) in [6.07, 6.45) is 5.19. The number of carbonyl (C=O) groups is 1. The van der Waals surface area contributed by atoms with E-state index in [4.69, 9.17) is 6.42 Å². The third-order valence-corrected chi connectivity index (χ3v) is 2.67. The lowest BCUT2D eigenvalue weighted by molar-refractivity contribution is 0.0813. The monoisotopic (exact) mass is 223 g/mol. The molecule has 0 saturated carbocycles. The molecule has 0 N–H and O–H groups in total. The molecule has 0 bridgehead atoms. The summed E-state index contributed by atoms with van der Waals surface area (Å²) in [5.74, 6) is 2.41. The maximum atomic E-state index is 12.0. The van der Waals surface area contributed by atoms with Crippen LogP contribution in [-0.4, -0.2) is 24.4 Å². The summed E-state index contributed by atoms with van der Waals surface area (Å²) in [6, 6.07) is 13.6. The van der Waals surface area contributed by atoms with E-state index < -0.39 is 0 Å². The summed E-state index contributed by atoms with van der Waals surface area (Å²) < 4.78 is 0. The van der Waals surface area contributed by atoms with Crippen molar-refractivity contribution in [2.45, 2.75) is 0 Å². The second-order valence-corrected chi connectivity index (χ2v) is 3.93. The number of hydrogen-bond donors (Lipinski definition) is 0. The van der Waals surface area contributed by atoms with Gasteiger partial charge in [-0.05, 0) is 22.9 Å². The van der Waals surface area contributed by atoms with Gasteiger partial charge in [0.1, 0.15) is 0 Å². The van der Waals surface area contributed by atoms with Gasteiger partial charge in [0.15, 0.2) is 0 Å². The average Bonchev–Trinajstić information content (AvgIpc) is 2.37. The molecular formula is C15H13NO. The van der Waals surface area contributed by atoms with Gasteiger partial charge in [0.2, 0.25) is 0 Å². The first kappa shape index (κ1) is 11.2. The molecule has 17 heavy (non-hydrogen) atoms. The molecule has 2 nitrogen and oxygen atoms in total. The van der Waals surface area contributed by atoms with Gasteiger partial charge in [-0.25, -0.2) is 0 Å². The van der Waals surface area contributed by atoms with E-state index in [1.165, 1.54) is 4.90 Å². The summed E-state index contributed by atoms with van der Waals surface area (Å²) in [5, 5.41) is 2.19. The SMILES string of the molecule is C#CCN(C)C(=O)c1ccc2ccccc2c1. The molecule has 0 unspecified atom stereocenters. The molecule has 2 heteroatoms. The number of carbonyl (C=O) groups excluding carboxylic acids is 1. The Kier molecular flexibility index (Phi) is 3.11. The topological polar surface area (TPSA) is 20.3 Å². The molecule has 1 amide bonds. The third kappa shape index (κ3) is 2.29. The molecule has 2 rings (SSSR count). The average molecular weight is 223 g/mol. The Hall–Kier alpha value is -2.27. The van der Waals surface area contributed by atoms with Crippen molar-refractivity contribution >= 4 is 16.7 Å². The van der Waals surface area contributed by atoms with Crippen LogP contribution in [0.4, 0.5) is 0 Å².